The molecule has 2 aliphatic carbocycles. The van der Waals surface area contributed by atoms with Crippen molar-refractivity contribution in [3.8, 4) is 5.75 Å². The van der Waals surface area contributed by atoms with E-state index in [2.05, 4.69) is 10.6 Å². The lowest BCUT2D eigenvalue weighted by atomic mass is 10.1. The lowest BCUT2D eigenvalue weighted by molar-refractivity contribution is -0.125. The van der Waals surface area contributed by atoms with Crippen LogP contribution in [0.1, 0.15) is 44.9 Å². The fraction of sp³-hybridized carbons (Fsp3) is 0.579. The summed E-state index contributed by atoms with van der Waals surface area (Å²) in [5.74, 6) is 0.0254. The van der Waals surface area contributed by atoms with Crippen LogP contribution in [0.4, 0.5) is 5.69 Å². The SMILES string of the molecule is COc1ccc(NC(=O)C2CC2C(=O)NC2CCCCCC2)cc1Cl. The van der Waals surface area contributed by atoms with E-state index >= 15 is 0 Å². The number of benzene rings is 1. The van der Waals surface area contributed by atoms with Crippen molar-refractivity contribution in [2.24, 2.45) is 11.8 Å². The first-order valence-electron chi connectivity index (χ1n) is 9.03. The first-order valence-corrected chi connectivity index (χ1v) is 9.41. The van der Waals surface area contributed by atoms with Crippen molar-refractivity contribution in [2.45, 2.75) is 51.0 Å². The van der Waals surface area contributed by atoms with Crippen molar-refractivity contribution < 1.29 is 14.3 Å². The summed E-state index contributed by atoms with van der Waals surface area (Å²) in [4.78, 5) is 24.7. The maximum Gasteiger partial charge on any atom is 0.228 e. The highest BCUT2D eigenvalue weighted by molar-refractivity contribution is 6.32. The number of rotatable bonds is 5. The fourth-order valence-corrected chi connectivity index (χ4v) is 3.74. The standard InChI is InChI=1S/C19H25ClN2O3/c1-25-17-9-8-13(10-16(17)20)22-19(24)15-11-14(15)18(23)21-12-6-4-2-3-5-7-12/h8-10,12,14-15H,2-7,11H2,1H3,(H,21,23)(H,22,24). The Hall–Kier alpha value is -1.75. The molecule has 2 aliphatic rings. The minimum absolute atomic E-state index is 0.0276. The number of nitrogens with one attached hydrogen (secondary N) is 2. The summed E-state index contributed by atoms with van der Waals surface area (Å²) in [6, 6.07) is 5.38. The molecule has 0 saturated heterocycles. The van der Waals surface area contributed by atoms with E-state index in [1.807, 2.05) is 0 Å². The van der Waals surface area contributed by atoms with Gasteiger partial charge in [-0.3, -0.25) is 9.59 Å². The molecule has 6 heteroatoms. The van der Waals surface area contributed by atoms with Crippen molar-refractivity contribution in [3.63, 3.8) is 0 Å². The molecule has 0 aromatic heterocycles. The summed E-state index contributed by atoms with van der Waals surface area (Å²) < 4.78 is 5.10. The second-order valence-corrected chi connectivity index (χ2v) is 7.39. The number of methoxy groups -OCH3 is 1. The van der Waals surface area contributed by atoms with Crippen LogP contribution in [0.3, 0.4) is 0 Å². The van der Waals surface area contributed by atoms with E-state index in [4.69, 9.17) is 16.3 Å². The van der Waals surface area contributed by atoms with E-state index in [0.29, 0.717) is 22.9 Å². The van der Waals surface area contributed by atoms with Crippen LogP contribution in [0.2, 0.25) is 5.02 Å². The van der Waals surface area contributed by atoms with E-state index in [1.54, 1.807) is 25.3 Å². The molecule has 1 aromatic carbocycles. The lowest BCUT2D eigenvalue weighted by Gasteiger charge is -2.16. The number of amides is 2. The van der Waals surface area contributed by atoms with Crippen LogP contribution < -0.4 is 15.4 Å². The Balaban J connectivity index is 1.49. The Morgan fingerprint density at radius 1 is 1.08 bits per heavy atom. The molecule has 2 fully saturated rings. The van der Waals surface area contributed by atoms with Crippen LogP contribution >= 0.6 is 11.6 Å². The number of carbonyl (C=O) groups excluding carboxylic acids is 2. The zero-order valence-corrected chi connectivity index (χ0v) is 15.3. The first kappa shape index (κ1) is 18.1. The second kappa shape index (κ2) is 8.09. The Bertz CT molecular complexity index is 642. The predicted molar refractivity (Wildman–Crippen MR) is 97.9 cm³/mol. The van der Waals surface area contributed by atoms with Crippen LogP contribution in [0.15, 0.2) is 18.2 Å². The summed E-state index contributed by atoms with van der Waals surface area (Å²) in [5, 5.41) is 6.42. The minimum Gasteiger partial charge on any atom is -0.495 e. The third-order valence-electron chi connectivity index (χ3n) is 5.08. The average Bonchev–Trinajstić information content (AvgIpc) is 3.40. The fourth-order valence-electron chi connectivity index (χ4n) is 3.49. The molecule has 3 rings (SSSR count). The van der Waals surface area contributed by atoms with E-state index in [1.165, 1.54) is 25.7 Å². The summed E-state index contributed by atoms with van der Waals surface area (Å²) >= 11 is 6.07. The van der Waals surface area contributed by atoms with Crippen LogP contribution in [-0.4, -0.2) is 25.0 Å². The third-order valence-corrected chi connectivity index (χ3v) is 5.38. The van der Waals surface area contributed by atoms with Gasteiger partial charge < -0.3 is 15.4 Å². The van der Waals surface area contributed by atoms with Gasteiger partial charge in [0, 0.05) is 11.7 Å². The van der Waals surface area contributed by atoms with E-state index in [9.17, 15) is 9.59 Å². The van der Waals surface area contributed by atoms with Gasteiger partial charge in [-0.05, 0) is 37.5 Å². The highest BCUT2D eigenvalue weighted by Crippen LogP contribution is 2.40. The predicted octanol–water partition coefficient (Wildman–Crippen LogP) is 3.76. The van der Waals surface area contributed by atoms with Gasteiger partial charge in [0.05, 0.1) is 24.0 Å². The smallest absolute Gasteiger partial charge is 0.228 e. The Morgan fingerprint density at radius 2 is 1.76 bits per heavy atom. The molecule has 25 heavy (non-hydrogen) atoms. The van der Waals surface area contributed by atoms with Crippen molar-refractivity contribution in [2.75, 3.05) is 12.4 Å². The van der Waals surface area contributed by atoms with Gasteiger partial charge in [-0.2, -0.15) is 0 Å². The Labute approximate surface area is 153 Å². The maximum absolute atomic E-state index is 12.4. The van der Waals surface area contributed by atoms with E-state index < -0.39 is 0 Å². The number of carbonyl (C=O) groups is 2. The molecule has 2 saturated carbocycles. The van der Waals surface area contributed by atoms with Gasteiger partial charge in [0.2, 0.25) is 11.8 Å². The Kier molecular flexibility index (Phi) is 5.84. The Morgan fingerprint density at radius 3 is 2.40 bits per heavy atom. The van der Waals surface area contributed by atoms with Crippen LogP contribution in [-0.2, 0) is 9.59 Å². The van der Waals surface area contributed by atoms with Gasteiger partial charge in [-0.25, -0.2) is 0 Å². The highest BCUT2D eigenvalue weighted by Gasteiger charge is 2.48. The van der Waals surface area contributed by atoms with Crippen LogP contribution in [0.25, 0.3) is 0 Å². The molecule has 2 atom stereocenters. The summed E-state index contributed by atoms with van der Waals surface area (Å²) in [6.45, 7) is 0. The zero-order chi connectivity index (χ0) is 17.8. The van der Waals surface area contributed by atoms with Gasteiger partial charge in [-0.15, -0.1) is 0 Å². The molecule has 5 nitrogen and oxygen atoms in total. The van der Waals surface area contributed by atoms with E-state index in [0.717, 1.165) is 12.8 Å². The molecule has 0 aliphatic heterocycles. The number of hydrogen-bond acceptors (Lipinski definition) is 3. The second-order valence-electron chi connectivity index (χ2n) is 6.98. The summed E-state index contributed by atoms with van der Waals surface area (Å²) in [6.07, 6.45) is 7.60. The third kappa shape index (κ3) is 4.66. The number of hydrogen-bond donors (Lipinski definition) is 2. The largest absolute Gasteiger partial charge is 0.495 e. The van der Waals surface area contributed by atoms with Gasteiger partial charge in [0.25, 0.3) is 0 Å². The molecule has 0 heterocycles. The first-order chi connectivity index (χ1) is 12.1. The average molecular weight is 365 g/mol. The van der Waals surface area contributed by atoms with Gasteiger partial charge in [0.1, 0.15) is 5.75 Å². The molecule has 0 radical (unpaired) electrons. The normalized spacial score (nSPS) is 23.4. The molecule has 2 N–H and O–H groups in total. The molecular weight excluding hydrogens is 340 g/mol. The van der Waals surface area contributed by atoms with Crippen LogP contribution in [0.5, 0.6) is 5.75 Å². The number of anilines is 1. The monoisotopic (exact) mass is 364 g/mol. The lowest BCUT2D eigenvalue weighted by Crippen LogP contribution is -2.36. The number of ether oxygens (including phenoxy) is 1. The topological polar surface area (TPSA) is 67.4 Å². The quantitative estimate of drug-likeness (QED) is 0.781. The van der Waals surface area contributed by atoms with Crippen LogP contribution in [0, 0.1) is 11.8 Å². The van der Waals surface area contributed by atoms with Crippen molar-refractivity contribution in [1.29, 1.82) is 0 Å². The van der Waals surface area contributed by atoms with E-state index in [-0.39, 0.29) is 29.7 Å². The number of halogens is 1. The summed E-state index contributed by atoms with van der Waals surface area (Å²) in [5.41, 5.74) is 0.616. The maximum atomic E-state index is 12.4. The van der Waals surface area contributed by atoms with Crippen molar-refractivity contribution >= 4 is 29.1 Å². The minimum atomic E-state index is -0.244. The zero-order valence-electron chi connectivity index (χ0n) is 14.5. The van der Waals surface area contributed by atoms with Crippen molar-refractivity contribution in [1.82, 2.24) is 5.32 Å². The molecular formula is C19H25ClN2O3. The molecule has 0 spiro atoms. The van der Waals surface area contributed by atoms with Gasteiger partial charge in [-0.1, -0.05) is 37.3 Å². The van der Waals surface area contributed by atoms with Gasteiger partial charge in [0.15, 0.2) is 0 Å². The molecule has 2 unspecified atom stereocenters. The molecule has 136 valence electrons. The van der Waals surface area contributed by atoms with Gasteiger partial charge >= 0.3 is 0 Å². The summed E-state index contributed by atoms with van der Waals surface area (Å²) in [7, 11) is 1.54. The highest BCUT2D eigenvalue weighted by atomic mass is 35.5. The molecule has 1 aromatic rings. The molecule has 0 bridgehead atoms. The van der Waals surface area contributed by atoms with Crippen molar-refractivity contribution in [3.05, 3.63) is 23.2 Å². The molecule has 2 amide bonds.